The largest absolute Gasteiger partial charge is 0.390 e. The van der Waals surface area contributed by atoms with Crippen molar-refractivity contribution >= 4 is 21.8 Å². The summed E-state index contributed by atoms with van der Waals surface area (Å²) in [5, 5.41) is 26.0. The summed E-state index contributed by atoms with van der Waals surface area (Å²) in [6, 6.07) is 8.28. The van der Waals surface area contributed by atoms with E-state index in [1.807, 2.05) is 6.07 Å². The highest BCUT2D eigenvalue weighted by molar-refractivity contribution is 7.90. The second kappa shape index (κ2) is 9.21. The smallest absolute Gasteiger partial charge is 0.272 e. The Morgan fingerprint density at radius 3 is 2.59 bits per heavy atom. The zero-order valence-electron chi connectivity index (χ0n) is 20.4. The highest BCUT2D eigenvalue weighted by Gasteiger charge is 2.59. The van der Waals surface area contributed by atoms with Crippen molar-refractivity contribution in [3.05, 3.63) is 52.3 Å². The van der Waals surface area contributed by atoms with Gasteiger partial charge < -0.3 is 21.1 Å². The van der Waals surface area contributed by atoms with Crippen LogP contribution in [0.4, 0.5) is 0 Å². The molecule has 5 rings (SSSR count). The van der Waals surface area contributed by atoms with Gasteiger partial charge in [0, 0.05) is 51.4 Å². The number of amides is 2. The van der Waals surface area contributed by atoms with E-state index in [4.69, 9.17) is 11.0 Å². The third-order valence-electron chi connectivity index (χ3n) is 7.49. The first-order chi connectivity index (χ1) is 17.6. The van der Waals surface area contributed by atoms with Crippen molar-refractivity contribution in [1.29, 1.82) is 5.26 Å². The number of benzene rings is 1. The fourth-order valence-electron chi connectivity index (χ4n) is 5.10. The summed E-state index contributed by atoms with van der Waals surface area (Å²) in [5.74, 6) is -0.769. The van der Waals surface area contributed by atoms with Gasteiger partial charge in [-0.1, -0.05) is 12.1 Å². The lowest BCUT2D eigenvalue weighted by Crippen LogP contribution is -2.50. The molecule has 4 N–H and O–H groups in total. The van der Waals surface area contributed by atoms with Gasteiger partial charge in [-0.2, -0.15) is 14.7 Å². The molecule has 1 aromatic carbocycles. The number of β-amino-alcohol motifs (C(OH)–C–C–N with tert-alkyl or cyclic N) is 1. The van der Waals surface area contributed by atoms with E-state index in [2.05, 4.69) is 10.4 Å². The van der Waals surface area contributed by atoms with Crippen LogP contribution >= 0.6 is 0 Å². The van der Waals surface area contributed by atoms with Crippen molar-refractivity contribution in [1.82, 2.24) is 24.3 Å². The van der Waals surface area contributed by atoms with E-state index < -0.39 is 32.8 Å². The first-order valence-electron chi connectivity index (χ1n) is 12.1. The molecule has 2 atom stereocenters. The number of nitrogens with one attached hydrogen (secondary N) is 1. The minimum atomic E-state index is -3.75. The molecule has 2 aliphatic heterocycles. The van der Waals surface area contributed by atoms with Crippen LogP contribution in [-0.4, -0.2) is 87.4 Å². The molecular weight excluding hydrogens is 498 g/mol. The summed E-state index contributed by atoms with van der Waals surface area (Å²) in [5.41, 5.74) is 8.17. The van der Waals surface area contributed by atoms with E-state index in [0.717, 1.165) is 5.56 Å². The number of aromatic nitrogens is 2. The van der Waals surface area contributed by atoms with Gasteiger partial charge in [-0.05, 0) is 37.0 Å². The Bertz CT molecular complexity index is 1380. The molecule has 0 spiro atoms. The van der Waals surface area contributed by atoms with Crippen molar-refractivity contribution in [2.75, 3.05) is 26.2 Å². The molecule has 3 heterocycles. The molecule has 12 nitrogen and oxygen atoms in total. The molecule has 2 amide bonds. The fourth-order valence-corrected chi connectivity index (χ4v) is 7.30. The highest BCUT2D eigenvalue weighted by Crippen LogP contribution is 2.47. The number of sulfonamides is 1. The normalized spacial score (nSPS) is 23.0. The third-order valence-corrected chi connectivity index (χ3v) is 10.1. The van der Waals surface area contributed by atoms with E-state index in [0.29, 0.717) is 30.4 Å². The molecule has 3 aliphatic rings. The number of nitriles is 1. The maximum Gasteiger partial charge on any atom is 0.272 e. The summed E-state index contributed by atoms with van der Waals surface area (Å²) in [7, 11) is -2.16. The minimum absolute atomic E-state index is 0.0357. The number of carbonyl (C=O) groups excluding carboxylic acids is 2. The SMILES string of the molecule is Cn1nc(C(=O)NCc2ccc(C#N)cc2)c2c1C(=O)N(CC1(S(=O)(=O)N3C[C@@H](N)[C@H](O)C3)CC1)CC2. The maximum atomic E-state index is 13.4. The van der Waals surface area contributed by atoms with E-state index in [-0.39, 0.29) is 50.0 Å². The zero-order chi connectivity index (χ0) is 26.5. The van der Waals surface area contributed by atoms with Crippen molar-refractivity contribution in [2.24, 2.45) is 12.8 Å². The molecular formula is C24H29N7O5S. The monoisotopic (exact) mass is 527 g/mol. The molecule has 37 heavy (non-hydrogen) atoms. The predicted molar refractivity (Wildman–Crippen MR) is 132 cm³/mol. The third kappa shape index (κ3) is 4.40. The molecule has 1 saturated heterocycles. The molecule has 0 radical (unpaired) electrons. The number of carbonyl (C=O) groups is 2. The summed E-state index contributed by atoms with van der Waals surface area (Å²) in [6.07, 6.45) is 0.336. The van der Waals surface area contributed by atoms with Gasteiger partial charge in [-0.25, -0.2) is 8.42 Å². The molecule has 13 heteroatoms. The first kappa shape index (κ1) is 25.3. The van der Waals surface area contributed by atoms with Gasteiger partial charge >= 0.3 is 0 Å². The van der Waals surface area contributed by atoms with E-state index >= 15 is 0 Å². The number of aliphatic hydroxyl groups excluding tert-OH is 1. The second-order valence-electron chi connectivity index (χ2n) is 10.0. The Morgan fingerprint density at radius 2 is 2.00 bits per heavy atom. The van der Waals surface area contributed by atoms with Crippen LogP contribution in [0, 0.1) is 11.3 Å². The number of rotatable bonds is 7. The van der Waals surface area contributed by atoms with Gasteiger partial charge in [0.1, 0.15) is 10.4 Å². The topological polar surface area (TPSA) is 175 Å². The van der Waals surface area contributed by atoms with Crippen LogP contribution in [-0.2, 0) is 30.0 Å². The van der Waals surface area contributed by atoms with Crippen LogP contribution in [0.1, 0.15) is 50.5 Å². The number of hydrogen-bond acceptors (Lipinski definition) is 8. The number of aliphatic hydroxyl groups is 1. The molecule has 1 aliphatic carbocycles. The van der Waals surface area contributed by atoms with Crippen molar-refractivity contribution in [2.45, 2.75) is 42.7 Å². The molecule has 2 fully saturated rings. The maximum absolute atomic E-state index is 13.4. The van der Waals surface area contributed by atoms with Crippen LogP contribution in [0.25, 0.3) is 0 Å². The van der Waals surface area contributed by atoms with Crippen molar-refractivity contribution in [3.8, 4) is 6.07 Å². The Labute approximate surface area is 214 Å². The van der Waals surface area contributed by atoms with E-state index in [9.17, 15) is 23.1 Å². The average Bonchev–Trinajstić information content (AvgIpc) is 3.49. The standard InChI is InChI=1S/C24H29N7O5S/c1-29-21-17(20(28-29)22(33)27-11-16-4-2-15(10-25)3-5-16)6-9-30(23(21)34)14-24(7-8-24)37(35,36)31-12-18(26)19(32)13-31/h2-5,18-19,32H,6-9,11-14,26H2,1H3,(H,27,33)/t18-,19-/m1/s1. The van der Waals surface area contributed by atoms with Crippen LogP contribution in [0.15, 0.2) is 24.3 Å². The lowest BCUT2D eigenvalue weighted by molar-refractivity contribution is 0.0723. The summed E-state index contributed by atoms with van der Waals surface area (Å²) >= 11 is 0. The van der Waals surface area contributed by atoms with Crippen molar-refractivity contribution < 1.29 is 23.1 Å². The number of nitrogens with zero attached hydrogens (tertiary/aromatic N) is 5. The summed E-state index contributed by atoms with van der Waals surface area (Å²) in [6.45, 7) is 0.580. The molecule has 196 valence electrons. The first-order valence-corrected chi connectivity index (χ1v) is 13.6. The molecule has 0 unspecified atom stereocenters. The quantitative estimate of drug-likeness (QED) is 0.415. The predicted octanol–water partition coefficient (Wildman–Crippen LogP) is -0.914. The molecule has 2 aromatic rings. The number of aryl methyl sites for hydroxylation is 1. The van der Waals surface area contributed by atoms with Crippen LogP contribution in [0.3, 0.4) is 0 Å². The number of hydrogen-bond donors (Lipinski definition) is 3. The lowest BCUT2D eigenvalue weighted by atomic mass is 10.0. The zero-order valence-corrected chi connectivity index (χ0v) is 21.2. The second-order valence-corrected chi connectivity index (χ2v) is 12.3. The van der Waals surface area contributed by atoms with Crippen molar-refractivity contribution in [3.63, 3.8) is 0 Å². The van der Waals surface area contributed by atoms with Crippen LogP contribution in [0.2, 0.25) is 0 Å². The Hall–Kier alpha value is -3.31. The van der Waals surface area contributed by atoms with Gasteiger partial charge in [0.05, 0.1) is 17.7 Å². The van der Waals surface area contributed by atoms with Gasteiger partial charge in [0.2, 0.25) is 10.0 Å². The Balaban J connectivity index is 1.29. The Morgan fingerprint density at radius 1 is 1.30 bits per heavy atom. The fraction of sp³-hybridized carbons (Fsp3) is 0.500. The van der Waals surface area contributed by atoms with Crippen LogP contribution < -0.4 is 11.1 Å². The summed E-state index contributed by atoms with van der Waals surface area (Å²) < 4.78 is 28.3. The number of fused-ring (bicyclic) bond motifs is 1. The van der Waals surface area contributed by atoms with E-state index in [1.54, 1.807) is 31.3 Å². The van der Waals surface area contributed by atoms with Gasteiger partial charge in [0.15, 0.2) is 5.69 Å². The summed E-state index contributed by atoms with van der Waals surface area (Å²) in [4.78, 5) is 27.8. The molecule has 1 aromatic heterocycles. The van der Waals surface area contributed by atoms with E-state index in [1.165, 1.54) is 13.9 Å². The minimum Gasteiger partial charge on any atom is -0.390 e. The van der Waals surface area contributed by atoms with Crippen LogP contribution in [0.5, 0.6) is 0 Å². The molecule has 0 bridgehead atoms. The average molecular weight is 528 g/mol. The van der Waals surface area contributed by atoms with Gasteiger partial charge in [-0.3, -0.25) is 14.3 Å². The van der Waals surface area contributed by atoms with Gasteiger partial charge in [0.25, 0.3) is 11.8 Å². The number of nitrogens with two attached hydrogens (primary N) is 1. The Kier molecular flexibility index (Phi) is 6.31. The van der Waals surface area contributed by atoms with Gasteiger partial charge in [-0.15, -0.1) is 0 Å². The molecule has 1 saturated carbocycles. The lowest BCUT2D eigenvalue weighted by Gasteiger charge is -2.32. The highest BCUT2D eigenvalue weighted by atomic mass is 32.2.